The van der Waals surface area contributed by atoms with Gasteiger partial charge in [0.15, 0.2) is 16.6 Å². The van der Waals surface area contributed by atoms with Gasteiger partial charge in [-0.2, -0.15) is 4.98 Å². The van der Waals surface area contributed by atoms with Crippen molar-refractivity contribution in [2.24, 2.45) is 0 Å². The van der Waals surface area contributed by atoms with Crippen LogP contribution in [0.1, 0.15) is 50.6 Å². The Morgan fingerprint density at radius 1 is 1.14 bits per heavy atom. The molecule has 9 heteroatoms. The molecular formula is C26H28N4O4S. The van der Waals surface area contributed by atoms with E-state index in [4.69, 9.17) is 35.9 Å². The molecule has 2 aromatic carbocycles. The van der Waals surface area contributed by atoms with Gasteiger partial charge in [0.05, 0.1) is 18.7 Å². The van der Waals surface area contributed by atoms with Gasteiger partial charge < -0.3 is 29.0 Å². The van der Waals surface area contributed by atoms with Crippen molar-refractivity contribution in [3.63, 3.8) is 0 Å². The van der Waals surface area contributed by atoms with Gasteiger partial charge in [-0.3, -0.25) is 0 Å². The highest BCUT2D eigenvalue weighted by molar-refractivity contribution is 7.80. The number of methoxy groups -OCH3 is 1. The third-order valence-electron chi connectivity index (χ3n) is 6.30. The topological polar surface area (TPSA) is 81.9 Å². The molecule has 1 unspecified atom stereocenters. The van der Waals surface area contributed by atoms with Crippen LogP contribution in [0.25, 0.3) is 17.0 Å². The minimum atomic E-state index is -0.259. The van der Waals surface area contributed by atoms with Crippen LogP contribution in [0.5, 0.6) is 17.2 Å². The van der Waals surface area contributed by atoms with Gasteiger partial charge in [0.1, 0.15) is 5.75 Å². The van der Waals surface area contributed by atoms with Gasteiger partial charge in [0.2, 0.25) is 12.6 Å². The number of ether oxygens (including phenoxy) is 3. The minimum Gasteiger partial charge on any atom is -0.497 e. The van der Waals surface area contributed by atoms with E-state index >= 15 is 0 Å². The average Bonchev–Trinajstić information content (AvgIpc) is 3.55. The van der Waals surface area contributed by atoms with Gasteiger partial charge in [-0.05, 0) is 61.5 Å². The fourth-order valence-electron chi connectivity index (χ4n) is 4.40. The Kier molecular flexibility index (Phi) is 6.59. The van der Waals surface area contributed by atoms with Crippen LogP contribution < -0.4 is 19.5 Å². The van der Waals surface area contributed by atoms with E-state index in [1.807, 2.05) is 42.5 Å². The largest absolute Gasteiger partial charge is 0.497 e. The van der Waals surface area contributed by atoms with E-state index in [0.717, 1.165) is 54.0 Å². The second-order valence-corrected chi connectivity index (χ2v) is 8.89. The molecule has 0 bridgehead atoms. The molecule has 35 heavy (non-hydrogen) atoms. The Balaban J connectivity index is 1.55. The molecule has 0 spiro atoms. The molecule has 0 saturated heterocycles. The van der Waals surface area contributed by atoms with Gasteiger partial charge in [-0.1, -0.05) is 37.1 Å². The number of fused-ring (bicyclic) bond motifs is 1. The number of hydrogen-bond donors (Lipinski definition) is 1. The maximum Gasteiger partial charge on any atom is 0.258 e. The van der Waals surface area contributed by atoms with E-state index in [1.54, 1.807) is 7.11 Å². The molecule has 3 heterocycles. The van der Waals surface area contributed by atoms with Crippen LogP contribution in [0.3, 0.4) is 0 Å². The molecule has 2 aliphatic heterocycles. The molecule has 1 N–H and O–H groups in total. The van der Waals surface area contributed by atoms with Gasteiger partial charge >= 0.3 is 0 Å². The van der Waals surface area contributed by atoms with E-state index in [9.17, 15) is 0 Å². The van der Waals surface area contributed by atoms with Crippen LogP contribution in [0.2, 0.25) is 0 Å². The van der Waals surface area contributed by atoms with E-state index in [2.05, 4.69) is 29.2 Å². The predicted molar refractivity (Wildman–Crippen MR) is 136 cm³/mol. The molecular weight excluding hydrogens is 464 g/mol. The molecule has 1 aromatic heterocycles. The fourth-order valence-corrected chi connectivity index (χ4v) is 4.75. The summed E-state index contributed by atoms with van der Waals surface area (Å²) in [5, 5.41) is 8.47. The molecule has 8 nitrogen and oxygen atoms in total. The van der Waals surface area contributed by atoms with Crippen LogP contribution in [-0.4, -0.2) is 40.6 Å². The first-order valence-corrected chi connectivity index (χ1v) is 12.2. The number of unbranched alkanes of at least 4 members (excludes halogenated alkanes) is 2. The van der Waals surface area contributed by atoms with Crippen LogP contribution in [0, 0.1) is 0 Å². The van der Waals surface area contributed by atoms with E-state index in [0.29, 0.717) is 28.3 Å². The zero-order chi connectivity index (χ0) is 24.4. The number of allylic oxidation sites excluding steroid dienone is 1. The molecule has 0 aliphatic carbocycles. The molecule has 182 valence electrons. The Morgan fingerprint density at radius 3 is 2.83 bits per heavy atom. The van der Waals surface area contributed by atoms with Crippen molar-refractivity contribution >= 4 is 22.9 Å². The average molecular weight is 493 g/mol. The third kappa shape index (κ3) is 4.55. The summed E-state index contributed by atoms with van der Waals surface area (Å²) in [6, 6.07) is 13.3. The van der Waals surface area contributed by atoms with Crippen LogP contribution in [0.15, 0.2) is 52.7 Å². The lowest BCUT2D eigenvalue weighted by atomic mass is 9.94. The van der Waals surface area contributed by atoms with Crippen molar-refractivity contribution in [2.75, 3.05) is 20.4 Å². The van der Waals surface area contributed by atoms with Crippen molar-refractivity contribution in [2.45, 2.75) is 39.2 Å². The highest BCUT2D eigenvalue weighted by Crippen LogP contribution is 2.39. The summed E-state index contributed by atoms with van der Waals surface area (Å²) in [6.45, 7) is 5.29. The Morgan fingerprint density at radius 2 is 2.00 bits per heavy atom. The number of thiocarbonyl (C=S) groups is 1. The van der Waals surface area contributed by atoms with Crippen molar-refractivity contribution in [3.05, 3.63) is 59.6 Å². The lowest BCUT2D eigenvalue weighted by molar-refractivity contribution is 0.174. The zero-order valence-corrected chi connectivity index (χ0v) is 20.9. The smallest absolute Gasteiger partial charge is 0.258 e. The molecule has 0 fully saturated rings. The molecule has 0 radical (unpaired) electrons. The minimum absolute atomic E-state index is 0.212. The molecule has 3 aromatic rings. The Labute approximate surface area is 209 Å². The SMILES string of the molecule is CCCCCN1C(=S)NC(c2cccc(OC)c2)C(c2nc(-c3ccc4c(c3)OCO4)no2)=C1C. The number of nitrogens with zero attached hydrogens (tertiary/aromatic N) is 3. The summed E-state index contributed by atoms with van der Waals surface area (Å²) in [6.07, 6.45) is 3.31. The number of hydrogen-bond acceptors (Lipinski definition) is 7. The first-order chi connectivity index (χ1) is 17.1. The van der Waals surface area contributed by atoms with E-state index in [-0.39, 0.29) is 12.8 Å². The highest BCUT2D eigenvalue weighted by Gasteiger charge is 2.34. The number of aromatic nitrogens is 2. The van der Waals surface area contributed by atoms with Gasteiger partial charge in [0, 0.05) is 17.8 Å². The second kappa shape index (κ2) is 9.95. The van der Waals surface area contributed by atoms with Gasteiger partial charge in [-0.15, -0.1) is 0 Å². The first kappa shape index (κ1) is 23.2. The summed E-state index contributed by atoms with van der Waals surface area (Å²) < 4.78 is 22.2. The normalized spacial score (nSPS) is 17.1. The summed E-state index contributed by atoms with van der Waals surface area (Å²) in [4.78, 5) is 6.91. The maximum atomic E-state index is 5.83. The highest BCUT2D eigenvalue weighted by atomic mass is 32.1. The van der Waals surface area contributed by atoms with Crippen molar-refractivity contribution in [3.8, 4) is 28.6 Å². The number of benzene rings is 2. The summed E-state index contributed by atoms with van der Waals surface area (Å²) in [5.41, 5.74) is 3.68. The second-order valence-electron chi connectivity index (χ2n) is 8.51. The van der Waals surface area contributed by atoms with Crippen molar-refractivity contribution in [1.82, 2.24) is 20.4 Å². The summed E-state index contributed by atoms with van der Waals surface area (Å²) in [5.74, 6) is 3.07. The fraction of sp³-hybridized carbons (Fsp3) is 0.346. The standard InChI is InChI=1S/C26H28N4O4S/c1-4-5-6-12-30-16(2)22(23(27-26(30)35)17-8-7-9-19(13-17)31-3)25-28-24(29-34-25)18-10-11-20-21(14-18)33-15-32-20/h7-11,13-14,23H,4-6,12,15H2,1-3H3,(H,27,35). The monoisotopic (exact) mass is 492 g/mol. The lowest BCUT2D eigenvalue weighted by Gasteiger charge is -2.37. The molecule has 2 aliphatic rings. The third-order valence-corrected chi connectivity index (χ3v) is 6.63. The summed E-state index contributed by atoms with van der Waals surface area (Å²) in [7, 11) is 1.66. The van der Waals surface area contributed by atoms with Crippen LogP contribution in [0.4, 0.5) is 0 Å². The van der Waals surface area contributed by atoms with Crippen LogP contribution >= 0.6 is 12.2 Å². The molecule has 1 atom stereocenters. The summed E-state index contributed by atoms with van der Waals surface area (Å²) >= 11 is 5.78. The quantitative estimate of drug-likeness (QED) is 0.331. The molecule has 0 saturated carbocycles. The van der Waals surface area contributed by atoms with Crippen molar-refractivity contribution < 1.29 is 18.7 Å². The van der Waals surface area contributed by atoms with Gasteiger partial charge in [-0.25, -0.2) is 0 Å². The van der Waals surface area contributed by atoms with Crippen LogP contribution in [-0.2, 0) is 0 Å². The Bertz CT molecular complexity index is 1270. The first-order valence-electron chi connectivity index (χ1n) is 11.8. The van der Waals surface area contributed by atoms with Gasteiger partial charge in [0.25, 0.3) is 5.89 Å². The van der Waals surface area contributed by atoms with E-state index in [1.165, 1.54) is 0 Å². The molecule has 5 rings (SSSR count). The van der Waals surface area contributed by atoms with E-state index < -0.39 is 0 Å². The lowest BCUT2D eigenvalue weighted by Crippen LogP contribution is -2.46. The Hall–Kier alpha value is -3.59. The predicted octanol–water partition coefficient (Wildman–Crippen LogP) is 5.33. The molecule has 0 amide bonds. The number of nitrogens with one attached hydrogen (secondary N) is 1. The zero-order valence-electron chi connectivity index (χ0n) is 20.0. The van der Waals surface area contributed by atoms with Crippen molar-refractivity contribution in [1.29, 1.82) is 0 Å². The maximum absolute atomic E-state index is 5.83. The number of rotatable bonds is 8.